The fourth-order valence-electron chi connectivity index (χ4n) is 1.83. The van der Waals surface area contributed by atoms with Crippen molar-refractivity contribution < 1.29 is 9.53 Å². The van der Waals surface area contributed by atoms with Crippen molar-refractivity contribution >= 4 is 11.9 Å². The zero-order chi connectivity index (χ0) is 11.5. The molecule has 0 atom stereocenters. The molecule has 1 saturated heterocycles. The van der Waals surface area contributed by atoms with Gasteiger partial charge >= 0.3 is 5.97 Å². The Morgan fingerprint density at radius 3 is 2.69 bits per heavy atom. The molecule has 1 aliphatic heterocycles. The van der Waals surface area contributed by atoms with Gasteiger partial charge in [0.15, 0.2) is 0 Å². The monoisotopic (exact) mass is 221 g/mol. The van der Waals surface area contributed by atoms with Crippen molar-refractivity contribution in [1.29, 1.82) is 0 Å². The molecule has 1 aromatic heterocycles. The summed E-state index contributed by atoms with van der Waals surface area (Å²) in [6, 6.07) is 0. The molecular formula is C11H15N3O2. The normalized spacial score (nSPS) is 15.2. The summed E-state index contributed by atoms with van der Waals surface area (Å²) in [6.45, 7) is 3.79. The highest BCUT2D eigenvalue weighted by Gasteiger charge is 2.17. The van der Waals surface area contributed by atoms with E-state index in [0.29, 0.717) is 17.2 Å². The first-order valence-electron chi connectivity index (χ1n) is 5.39. The predicted molar refractivity (Wildman–Crippen MR) is 59.6 cm³/mol. The molecule has 0 saturated carbocycles. The number of rotatable bonds is 2. The third-order valence-electron chi connectivity index (χ3n) is 2.76. The van der Waals surface area contributed by atoms with E-state index in [4.69, 9.17) is 0 Å². The Labute approximate surface area is 94.5 Å². The average Bonchev–Trinajstić information content (AvgIpc) is 2.81. The van der Waals surface area contributed by atoms with Gasteiger partial charge in [-0.1, -0.05) is 0 Å². The minimum absolute atomic E-state index is 0.384. The number of ether oxygens (including phenoxy) is 1. The van der Waals surface area contributed by atoms with Gasteiger partial charge in [0, 0.05) is 19.3 Å². The second-order valence-electron chi connectivity index (χ2n) is 3.85. The SMILES string of the molecule is COC(=O)c1cnc(N2CCCC2)nc1C. The van der Waals surface area contributed by atoms with Gasteiger partial charge in [0.25, 0.3) is 0 Å². The van der Waals surface area contributed by atoms with Crippen molar-refractivity contribution in [3.63, 3.8) is 0 Å². The van der Waals surface area contributed by atoms with Crippen molar-refractivity contribution in [2.45, 2.75) is 19.8 Å². The van der Waals surface area contributed by atoms with E-state index in [1.54, 1.807) is 13.1 Å². The molecule has 16 heavy (non-hydrogen) atoms. The number of hydrogen-bond donors (Lipinski definition) is 0. The number of anilines is 1. The van der Waals surface area contributed by atoms with E-state index in [2.05, 4.69) is 19.6 Å². The third kappa shape index (κ3) is 1.98. The van der Waals surface area contributed by atoms with Gasteiger partial charge in [-0.25, -0.2) is 14.8 Å². The lowest BCUT2D eigenvalue weighted by molar-refractivity contribution is 0.0599. The Hall–Kier alpha value is -1.65. The van der Waals surface area contributed by atoms with Crippen LogP contribution in [0.5, 0.6) is 0 Å². The highest BCUT2D eigenvalue weighted by atomic mass is 16.5. The van der Waals surface area contributed by atoms with E-state index in [0.717, 1.165) is 13.1 Å². The maximum Gasteiger partial charge on any atom is 0.341 e. The molecule has 0 bridgehead atoms. The fourth-order valence-corrected chi connectivity index (χ4v) is 1.83. The number of aromatic nitrogens is 2. The van der Waals surface area contributed by atoms with Gasteiger partial charge < -0.3 is 9.64 Å². The van der Waals surface area contributed by atoms with Crippen molar-refractivity contribution in [2.24, 2.45) is 0 Å². The lowest BCUT2D eigenvalue weighted by Crippen LogP contribution is -2.21. The lowest BCUT2D eigenvalue weighted by atomic mass is 10.2. The van der Waals surface area contributed by atoms with Gasteiger partial charge in [0.2, 0.25) is 5.95 Å². The second kappa shape index (κ2) is 4.47. The molecule has 0 unspecified atom stereocenters. The molecule has 1 aromatic rings. The van der Waals surface area contributed by atoms with Gasteiger partial charge in [0.05, 0.1) is 18.4 Å². The van der Waals surface area contributed by atoms with Crippen LogP contribution in [0.15, 0.2) is 6.20 Å². The molecule has 1 aliphatic rings. The Bertz CT molecular complexity index is 400. The molecule has 0 amide bonds. The van der Waals surface area contributed by atoms with Crippen LogP contribution in [0.3, 0.4) is 0 Å². The Balaban J connectivity index is 2.25. The number of methoxy groups -OCH3 is 1. The summed E-state index contributed by atoms with van der Waals surface area (Å²) in [6.07, 6.45) is 3.91. The number of aryl methyl sites for hydroxylation is 1. The number of nitrogens with zero attached hydrogens (tertiary/aromatic N) is 3. The molecule has 0 N–H and O–H groups in total. The van der Waals surface area contributed by atoms with Gasteiger partial charge in [-0.05, 0) is 19.8 Å². The first kappa shape index (κ1) is 10.9. The maximum atomic E-state index is 11.4. The Morgan fingerprint density at radius 1 is 1.44 bits per heavy atom. The molecule has 1 fully saturated rings. The van der Waals surface area contributed by atoms with Crippen LogP contribution in [0.1, 0.15) is 28.9 Å². The van der Waals surface area contributed by atoms with Crippen LogP contribution in [0, 0.1) is 6.92 Å². The van der Waals surface area contributed by atoms with Crippen LogP contribution < -0.4 is 4.90 Å². The molecular weight excluding hydrogens is 206 g/mol. The van der Waals surface area contributed by atoms with Crippen molar-refractivity contribution in [3.8, 4) is 0 Å². The van der Waals surface area contributed by atoms with E-state index in [-0.39, 0.29) is 5.97 Å². The third-order valence-corrected chi connectivity index (χ3v) is 2.76. The van der Waals surface area contributed by atoms with Gasteiger partial charge in [-0.15, -0.1) is 0 Å². The molecule has 0 radical (unpaired) electrons. The first-order valence-corrected chi connectivity index (χ1v) is 5.39. The number of carbonyl (C=O) groups is 1. The van der Waals surface area contributed by atoms with Crippen LogP contribution in [0.4, 0.5) is 5.95 Å². The molecule has 2 rings (SSSR count). The first-order chi connectivity index (χ1) is 7.72. The number of hydrogen-bond acceptors (Lipinski definition) is 5. The predicted octanol–water partition coefficient (Wildman–Crippen LogP) is 1.17. The highest BCUT2D eigenvalue weighted by Crippen LogP contribution is 2.17. The van der Waals surface area contributed by atoms with Crippen LogP contribution in [0.25, 0.3) is 0 Å². The van der Waals surface area contributed by atoms with E-state index >= 15 is 0 Å². The van der Waals surface area contributed by atoms with Gasteiger partial charge in [-0.2, -0.15) is 0 Å². The fraction of sp³-hybridized carbons (Fsp3) is 0.545. The summed E-state index contributed by atoms with van der Waals surface area (Å²) in [5.74, 6) is 0.327. The zero-order valence-corrected chi connectivity index (χ0v) is 9.56. The molecule has 2 heterocycles. The summed E-state index contributed by atoms with van der Waals surface area (Å²) in [7, 11) is 1.36. The van der Waals surface area contributed by atoms with Crippen molar-refractivity contribution in [2.75, 3.05) is 25.1 Å². The largest absolute Gasteiger partial charge is 0.465 e. The smallest absolute Gasteiger partial charge is 0.341 e. The Kier molecular flexibility index (Phi) is 3.03. The van der Waals surface area contributed by atoms with E-state index in [1.165, 1.54) is 20.0 Å². The summed E-state index contributed by atoms with van der Waals surface area (Å²) >= 11 is 0. The molecule has 0 spiro atoms. The minimum Gasteiger partial charge on any atom is -0.465 e. The molecule has 86 valence electrons. The number of carbonyl (C=O) groups excluding carboxylic acids is 1. The lowest BCUT2D eigenvalue weighted by Gasteiger charge is -2.15. The highest BCUT2D eigenvalue weighted by molar-refractivity contribution is 5.90. The van der Waals surface area contributed by atoms with Crippen molar-refractivity contribution in [3.05, 3.63) is 17.5 Å². The summed E-state index contributed by atoms with van der Waals surface area (Å²) in [5.41, 5.74) is 1.11. The summed E-state index contributed by atoms with van der Waals surface area (Å²) < 4.78 is 4.65. The quantitative estimate of drug-likeness (QED) is 0.702. The Morgan fingerprint density at radius 2 is 2.12 bits per heavy atom. The van der Waals surface area contributed by atoms with Crippen LogP contribution >= 0.6 is 0 Å². The minimum atomic E-state index is -0.384. The topological polar surface area (TPSA) is 55.3 Å². The van der Waals surface area contributed by atoms with E-state index < -0.39 is 0 Å². The van der Waals surface area contributed by atoms with Crippen LogP contribution in [0.2, 0.25) is 0 Å². The van der Waals surface area contributed by atoms with E-state index in [9.17, 15) is 4.79 Å². The molecule has 5 heteroatoms. The second-order valence-corrected chi connectivity index (χ2v) is 3.85. The van der Waals surface area contributed by atoms with Crippen LogP contribution in [-0.4, -0.2) is 36.1 Å². The summed E-state index contributed by atoms with van der Waals surface area (Å²) in [4.78, 5) is 22.0. The number of esters is 1. The maximum absolute atomic E-state index is 11.4. The summed E-state index contributed by atoms with van der Waals surface area (Å²) in [5, 5.41) is 0. The molecule has 0 aromatic carbocycles. The van der Waals surface area contributed by atoms with Gasteiger partial charge in [0.1, 0.15) is 0 Å². The van der Waals surface area contributed by atoms with E-state index in [1.807, 2.05) is 0 Å². The van der Waals surface area contributed by atoms with Crippen LogP contribution in [-0.2, 0) is 4.74 Å². The van der Waals surface area contributed by atoms with Gasteiger partial charge in [-0.3, -0.25) is 0 Å². The van der Waals surface area contributed by atoms with Crippen molar-refractivity contribution in [1.82, 2.24) is 9.97 Å². The zero-order valence-electron chi connectivity index (χ0n) is 9.56. The molecule has 5 nitrogen and oxygen atoms in total. The standard InChI is InChI=1S/C11H15N3O2/c1-8-9(10(15)16-2)7-12-11(13-8)14-5-3-4-6-14/h7H,3-6H2,1-2H3. The average molecular weight is 221 g/mol. The molecule has 0 aliphatic carbocycles.